The predicted octanol–water partition coefficient (Wildman–Crippen LogP) is 4.86. The van der Waals surface area contributed by atoms with Crippen LogP contribution in [0, 0.1) is 0 Å². The number of hydrogen-bond acceptors (Lipinski definition) is 6. The van der Waals surface area contributed by atoms with Gasteiger partial charge in [0.2, 0.25) is 0 Å². The molecule has 7 nitrogen and oxygen atoms in total. The summed E-state index contributed by atoms with van der Waals surface area (Å²) in [7, 11) is 1.64. The van der Waals surface area contributed by atoms with Gasteiger partial charge in [0, 0.05) is 28.4 Å². The molecule has 160 valence electrons. The summed E-state index contributed by atoms with van der Waals surface area (Å²) in [5.41, 5.74) is 2.84. The van der Waals surface area contributed by atoms with Crippen molar-refractivity contribution in [2.24, 2.45) is 0 Å². The molecule has 0 aliphatic carbocycles. The van der Waals surface area contributed by atoms with E-state index in [0.29, 0.717) is 24.0 Å². The van der Waals surface area contributed by atoms with Crippen molar-refractivity contribution in [2.45, 2.75) is 30.7 Å². The van der Waals surface area contributed by atoms with Gasteiger partial charge in [0.05, 0.1) is 13.7 Å². The minimum Gasteiger partial charge on any atom is -0.497 e. The lowest BCUT2D eigenvalue weighted by atomic mass is 10.1. The molecule has 2 aromatic carbocycles. The second-order valence-corrected chi connectivity index (χ2v) is 8.02. The molecule has 0 saturated carbocycles. The number of ether oxygens (including phenoxy) is 2. The zero-order valence-electron chi connectivity index (χ0n) is 17.7. The number of esters is 1. The second kappa shape index (κ2) is 9.26. The minimum atomic E-state index is -0.364. The average Bonchev–Trinajstić information content (AvgIpc) is 3.41. The maximum atomic E-state index is 12.4. The smallest absolute Gasteiger partial charge is 0.319 e. The molecule has 0 fully saturated rings. The van der Waals surface area contributed by atoms with Crippen molar-refractivity contribution in [3.63, 3.8) is 0 Å². The molecule has 0 radical (unpaired) electrons. The number of H-pyrrole nitrogens is 1. The largest absolute Gasteiger partial charge is 0.497 e. The molecular weight excluding hydrogens is 412 g/mol. The molecule has 31 heavy (non-hydrogen) atoms. The van der Waals surface area contributed by atoms with Gasteiger partial charge in [-0.3, -0.25) is 9.36 Å². The summed E-state index contributed by atoms with van der Waals surface area (Å²) in [6.45, 7) is 4.12. The van der Waals surface area contributed by atoms with E-state index in [4.69, 9.17) is 9.47 Å². The number of aromatic nitrogens is 4. The van der Waals surface area contributed by atoms with Crippen LogP contribution in [-0.4, -0.2) is 44.7 Å². The van der Waals surface area contributed by atoms with E-state index in [1.165, 1.54) is 11.8 Å². The van der Waals surface area contributed by atoms with Crippen molar-refractivity contribution in [2.75, 3.05) is 13.7 Å². The van der Waals surface area contributed by atoms with E-state index in [9.17, 15) is 4.79 Å². The Morgan fingerprint density at radius 1 is 1.13 bits per heavy atom. The highest BCUT2D eigenvalue weighted by Gasteiger charge is 2.25. The first-order chi connectivity index (χ1) is 15.2. The number of carbonyl (C=O) groups excluding carboxylic acids is 1. The SMILES string of the molecule is CCOC(=O)[C@@H](CC)Sc1nnc(-c2c[nH]c3ccccc23)n1-c1ccc(OC)cc1. The van der Waals surface area contributed by atoms with Gasteiger partial charge < -0.3 is 14.5 Å². The number of para-hydroxylation sites is 1. The average molecular weight is 437 g/mol. The van der Waals surface area contributed by atoms with E-state index in [1.807, 2.05) is 67.1 Å². The van der Waals surface area contributed by atoms with Gasteiger partial charge in [0.1, 0.15) is 11.0 Å². The predicted molar refractivity (Wildman–Crippen MR) is 122 cm³/mol. The van der Waals surface area contributed by atoms with Gasteiger partial charge in [-0.15, -0.1) is 10.2 Å². The van der Waals surface area contributed by atoms with Gasteiger partial charge in [-0.05, 0) is 43.7 Å². The fourth-order valence-electron chi connectivity index (χ4n) is 3.40. The fourth-order valence-corrected chi connectivity index (χ4v) is 4.37. The normalized spacial score (nSPS) is 12.1. The molecule has 0 unspecified atom stereocenters. The maximum absolute atomic E-state index is 12.4. The summed E-state index contributed by atoms with van der Waals surface area (Å²) in [5, 5.41) is 10.3. The third-order valence-electron chi connectivity index (χ3n) is 4.96. The Hall–Kier alpha value is -3.26. The van der Waals surface area contributed by atoms with Crippen LogP contribution >= 0.6 is 11.8 Å². The second-order valence-electron chi connectivity index (χ2n) is 6.85. The van der Waals surface area contributed by atoms with E-state index >= 15 is 0 Å². The Bertz CT molecular complexity index is 1180. The fraction of sp³-hybridized carbons (Fsp3) is 0.261. The lowest BCUT2D eigenvalue weighted by molar-refractivity contribution is -0.142. The number of thioether (sulfide) groups is 1. The van der Waals surface area contributed by atoms with E-state index < -0.39 is 0 Å². The van der Waals surface area contributed by atoms with Gasteiger partial charge in [-0.25, -0.2) is 0 Å². The van der Waals surface area contributed by atoms with Crippen LogP contribution in [0.5, 0.6) is 5.75 Å². The van der Waals surface area contributed by atoms with Gasteiger partial charge >= 0.3 is 5.97 Å². The van der Waals surface area contributed by atoms with Crippen LogP contribution < -0.4 is 4.74 Å². The Labute approximate surface area is 184 Å². The molecule has 4 aromatic rings. The van der Waals surface area contributed by atoms with Crippen LogP contribution in [0.4, 0.5) is 0 Å². The standard InChI is InChI=1S/C23H24N4O3S/c1-4-20(22(28)30-5-2)31-23-26-25-21(18-14-24-19-9-7-6-8-17(18)19)27(23)15-10-12-16(29-3)13-11-15/h6-14,20,24H,4-5H2,1-3H3/t20-/m1/s1. The van der Waals surface area contributed by atoms with Crippen LogP contribution in [0.2, 0.25) is 0 Å². The summed E-state index contributed by atoms with van der Waals surface area (Å²) in [4.78, 5) is 15.7. The molecule has 0 bridgehead atoms. The molecule has 0 aliphatic rings. The van der Waals surface area contributed by atoms with Crippen molar-refractivity contribution < 1.29 is 14.3 Å². The molecule has 8 heteroatoms. The third kappa shape index (κ3) is 4.16. The molecule has 1 atom stereocenters. The van der Waals surface area contributed by atoms with Crippen LogP contribution in [0.1, 0.15) is 20.3 Å². The number of nitrogens with one attached hydrogen (secondary N) is 1. The number of methoxy groups -OCH3 is 1. The Balaban J connectivity index is 1.83. The quantitative estimate of drug-likeness (QED) is 0.314. The van der Waals surface area contributed by atoms with Crippen LogP contribution in [-0.2, 0) is 9.53 Å². The molecule has 0 spiro atoms. The van der Waals surface area contributed by atoms with Gasteiger partial charge in [-0.2, -0.15) is 0 Å². The van der Waals surface area contributed by atoms with Gasteiger partial charge in [0.25, 0.3) is 0 Å². The monoisotopic (exact) mass is 436 g/mol. The summed E-state index contributed by atoms with van der Waals surface area (Å²) < 4.78 is 12.5. The number of aromatic amines is 1. The molecule has 2 heterocycles. The summed E-state index contributed by atoms with van der Waals surface area (Å²) >= 11 is 1.37. The van der Waals surface area contributed by atoms with Crippen LogP contribution in [0.15, 0.2) is 59.9 Å². The lowest BCUT2D eigenvalue weighted by Gasteiger charge is -2.15. The highest BCUT2D eigenvalue weighted by atomic mass is 32.2. The summed E-state index contributed by atoms with van der Waals surface area (Å²) in [5.74, 6) is 1.22. The van der Waals surface area contributed by atoms with E-state index in [-0.39, 0.29) is 11.2 Å². The zero-order chi connectivity index (χ0) is 21.8. The highest BCUT2D eigenvalue weighted by Crippen LogP contribution is 2.34. The van der Waals surface area contributed by atoms with E-state index in [0.717, 1.165) is 27.9 Å². The Morgan fingerprint density at radius 2 is 1.90 bits per heavy atom. The molecule has 4 rings (SSSR count). The maximum Gasteiger partial charge on any atom is 0.319 e. The van der Waals surface area contributed by atoms with E-state index in [2.05, 4.69) is 21.2 Å². The Morgan fingerprint density at radius 3 is 2.61 bits per heavy atom. The van der Waals surface area contributed by atoms with Crippen molar-refractivity contribution in [3.05, 3.63) is 54.7 Å². The first-order valence-electron chi connectivity index (χ1n) is 10.2. The highest BCUT2D eigenvalue weighted by molar-refractivity contribution is 8.00. The summed E-state index contributed by atoms with van der Waals surface area (Å²) in [6, 6.07) is 15.8. The molecule has 0 aliphatic heterocycles. The number of nitrogens with zero attached hydrogens (tertiary/aromatic N) is 3. The number of fused-ring (bicyclic) bond motifs is 1. The summed E-state index contributed by atoms with van der Waals surface area (Å²) in [6.07, 6.45) is 2.56. The topological polar surface area (TPSA) is 82.0 Å². The Kier molecular flexibility index (Phi) is 6.27. The van der Waals surface area contributed by atoms with Crippen LogP contribution in [0.25, 0.3) is 28.0 Å². The van der Waals surface area contributed by atoms with Crippen LogP contribution in [0.3, 0.4) is 0 Å². The van der Waals surface area contributed by atoms with Crippen molar-refractivity contribution in [1.29, 1.82) is 0 Å². The number of carbonyl (C=O) groups is 1. The minimum absolute atomic E-state index is 0.243. The van der Waals surface area contributed by atoms with Crippen molar-refractivity contribution in [3.8, 4) is 22.8 Å². The zero-order valence-corrected chi connectivity index (χ0v) is 18.5. The number of rotatable bonds is 8. The lowest BCUT2D eigenvalue weighted by Crippen LogP contribution is -2.20. The first kappa shape index (κ1) is 21.0. The molecule has 0 amide bonds. The number of hydrogen-bond donors (Lipinski definition) is 1. The first-order valence-corrected chi connectivity index (χ1v) is 11.0. The molecule has 0 saturated heterocycles. The van der Waals surface area contributed by atoms with Crippen molar-refractivity contribution in [1.82, 2.24) is 19.7 Å². The van der Waals surface area contributed by atoms with Crippen molar-refractivity contribution >= 4 is 28.6 Å². The van der Waals surface area contributed by atoms with Gasteiger partial charge in [0.15, 0.2) is 11.0 Å². The molecule has 2 aromatic heterocycles. The molecule has 1 N–H and O–H groups in total. The van der Waals surface area contributed by atoms with Gasteiger partial charge in [-0.1, -0.05) is 36.9 Å². The van der Waals surface area contributed by atoms with E-state index in [1.54, 1.807) is 7.11 Å². The number of benzene rings is 2. The third-order valence-corrected chi connectivity index (χ3v) is 6.25. The molecular formula is C23H24N4O3S.